The van der Waals surface area contributed by atoms with Crippen molar-refractivity contribution >= 4 is 29.1 Å². The predicted octanol–water partition coefficient (Wildman–Crippen LogP) is 4.80. The van der Waals surface area contributed by atoms with Gasteiger partial charge in [-0.05, 0) is 36.2 Å². The Balaban J connectivity index is 1.30. The molecule has 2 atom stereocenters. The quantitative estimate of drug-likeness (QED) is 0.517. The van der Waals surface area contributed by atoms with Crippen LogP contribution in [0.1, 0.15) is 27.6 Å². The molecule has 0 bridgehead atoms. The number of hydrogen-bond acceptors (Lipinski definition) is 5. The fourth-order valence-electron chi connectivity index (χ4n) is 4.61. The van der Waals surface area contributed by atoms with Crippen LogP contribution in [0.4, 0.5) is 4.39 Å². The molecule has 0 aliphatic carbocycles. The first-order valence-corrected chi connectivity index (χ1v) is 11.8. The van der Waals surface area contributed by atoms with Crippen molar-refractivity contribution in [3.63, 3.8) is 0 Å². The van der Waals surface area contributed by atoms with Gasteiger partial charge in [-0.1, -0.05) is 41.4 Å². The first-order valence-electron chi connectivity index (χ1n) is 11.1. The minimum atomic E-state index is -0.441. The number of carbonyl (C=O) groups is 1. The Kier molecular flexibility index (Phi) is 6.53. The average Bonchev–Trinajstić information content (AvgIpc) is 2.85. The first-order chi connectivity index (χ1) is 16.4. The zero-order valence-corrected chi connectivity index (χ0v) is 20.1. The van der Waals surface area contributed by atoms with E-state index in [1.165, 1.54) is 12.4 Å². The largest absolute Gasteiger partial charge is 0.370 e. The molecule has 2 saturated heterocycles. The van der Waals surface area contributed by atoms with Crippen molar-refractivity contribution in [1.82, 2.24) is 19.8 Å². The maximum Gasteiger partial charge on any atom is 0.255 e. The maximum absolute atomic E-state index is 13.5. The standard InChI is InChI=1S/C25H23Cl2FN4O2/c1-15-10-29-14-30-24(15)18-3-2-4-19(23(18)27)25(33)32-8-7-31-12-22(34-13-17(31)11-32)16-5-6-21(28)20(26)9-16/h2-6,9-10,14,17,22H,7-8,11-13H2,1H3/t17-,22-/m0/s1. The smallest absolute Gasteiger partial charge is 0.255 e. The molecule has 5 rings (SSSR count). The van der Waals surface area contributed by atoms with Crippen molar-refractivity contribution in [2.45, 2.75) is 19.1 Å². The van der Waals surface area contributed by atoms with Crippen LogP contribution in [0.25, 0.3) is 11.3 Å². The van der Waals surface area contributed by atoms with E-state index in [-0.39, 0.29) is 23.1 Å². The van der Waals surface area contributed by atoms with Gasteiger partial charge in [0.25, 0.3) is 5.91 Å². The van der Waals surface area contributed by atoms with E-state index in [1.807, 2.05) is 24.0 Å². The predicted molar refractivity (Wildman–Crippen MR) is 129 cm³/mol. The Morgan fingerprint density at radius 3 is 2.82 bits per heavy atom. The number of ether oxygens (including phenoxy) is 1. The summed E-state index contributed by atoms with van der Waals surface area (Å²) in [6.45, 7) is 4.89. The van der Waals surface area contributed by atoms with E-state index < -0.39 is 5.82 Å². The van der Waals surface area contributed by atoms with Crippen LogP contribution in [0, 0.1) is 12.7 Å². The molecule has 0 spiro atoms. The minimum Gasteiger partial charge on any atom is -0.370 e. The number of amides is 1. The van der Waals surface area contributed by atoms with Crippen LogP contribution in [-0.4, -0.2) is 64.5 Å². The van der Waals surface area contributed by atoms with Crippen molar-refractivity contribution < 1.29 is 13.9 Å². The summed E-state index contributed by atoms with van der Waals surface area (Å²) in [6, 6.07) is 10.2. The summed E-state index contributed by atoms with van der Waals surface area (Å²) in [7, 11) is 0. The minimum absolute atomic E-state index is 0.0796. The number of benzene rings is 2. The van der Waals surface area contributed by atoms with Crippen LogP contribution in [0.15, 0.2) is 48.9 Å². The van der Waals surface area contributed by atoms with Crippen molar-refractivity contribution in [3.8, 4) is 11.3 Å². The van der Waals surface area contributed by atoms with Gasteiger partial charge in [-0.3, -0.25) is 9.69 Å². The number of piperazine rings is 1. The summed E-state index contributed by atoms with van der Waals surface area (Å²) in [5, 5.41) is 0.486. The molecule has 0 unspecified atom stereocenters. The van der Waals surface area contributed by atoms with Gasteiger partial charge in [0.2, 0.25) is 0 Å². The number of fused-ring (bicyclic) bond motifs is 1. The topological polar surface area (TPSA) is 58.6 Å². The molecular weight excluding hydrogens is 478 g/mol. The number of hydrogen-bond donors (Lipinski definition) is 0. The molecule has 2 aliphatic heterocycles. The second kappa shape index (κ2) is 9.58. The van der Waals surface area contributed by atoms with Crippen molar-refractivity contribution in [3.05, 3.63) is 81.5 Å². The number of aromatic nitrogens is 2. The highest BCUT2D eigenvalue weighted by Gasteiger charge is 2.36. The van der Waals surface area contributed by atoms with Gasteiger partial charge in [0, 0.05) is 37.9 Å². The number of halogens is 3. The highest BCUT2D eigenvalue weighted by molar-refractivity contribution is 6.36. The SMILES string of the molecule is Cc1cncnc1-c1cccc(C(=O)N2CCN3C[C@@H](c4ccc(F)c(Cl)c4)OC[C@@H]3C2)c1Cl. The van der Waals surface area contributed by atoms with Gasteiger partial charge < -0.3 is 9.64 Å². The molecule has 3 aromatic rings. The van der Waals surface area contributed by atoms with Crippen LogP contribution in [0.3, 0.4) is 0 Å². The maximum atomic E-state index is 13.5. The van der Waals surface area contributed by atoms with Crippen LogP contribution in [-0.2, 0) is 4.74 Å². The second-order valence-corrected chi connectivity index (χ2v) is 9.40. The molecule has 2 aromatic carbocycles. The Morgan fingerprint density at radius 2 is 2.03 bits per heavy atom. The monoisotopic (exact) mass is 500 g/mol. The van der Waals surface area contributed by atoms with E-state index >= 15 is 0 Å². The molecule has 1 amide bonds. The molecule has 0 N–H and O–H groups in total. The average molecular weight is 501 g/mol. The lowest BCUT2D eigenvalue weighted by Gasteiger charge is -2.46. The Morgan fingerprint density at radius 1 is 1.18 bits per heavy atom. The van der Waals surface area contributed by atoms with Gasteiger partial charge in [-0.15, -0.1) is 0 Å². The van der Waals surface area contributed by atoms with Crippen LogP contribution in [0.2, 0.25) is 10.0 Å². The molecule has 0 radical (unpaired) electrons. The zero-order chi connectivity index (χ0) is 23.8. The molecule has 9 heteroatoms. The summed E-state index contributed by atoms with van der Waals surface area (Å²) >= 11 is 12.6. The molecule has 1 aromatic heterocycles. The lowest BCUT2D eigenvalue weighted by molar-refractivity contribution is -0.0858. The summed E-state index contributed by atoms with van der Waals surface area (Å²) in [4.78, 5) is 25.9. The Labute approximate surface area is 207 Å². The lowest BCUT2D eigenvalue weighted by Crippen LogP contribution is -2.59. The second-order valence-electron chi connectivity index (χ2n) is 8.62. The fourth-order valence-corrected chi connectivity index (χ4v) is 5.10. The molecular formula is C25H23Cl2FN4O2. The van der Waals surface area contributed by atoms with Crippen LogP contribution < -0.4 is 0 Å². The van der Waals surface area contributed by atoms with Gasteiger partial charge in [-0.25, -0.2) is 14.4 Å². The molecule has 34 heavy (non-hydrogen) atoms. The third kappa shape index (κ3) is 4.41. The fraction of sp³-hybridized carbons (Fsp3) is 0.320. The summed E-state index contributed by atoms with van der Waals surface area (Å²) in [6.07, 6.45) is 3.02. The molecule has 2 fully saturated rings. The van der Waals surface area contributed by atoms with Gasteiger partial charge in [0.05, 0.1) is 40.1 Å². The van der Waals surface area contributed by atoms with Crippen LogP contribution in [0.5, 0.6) is 0 Å². The molecule has 3 heterocycles. The van der Waals surface area contributed by atoms with Gasteiger partial charge in [-0.2, -0.15) is 0 Å². The van der Waals surface area contributed by atoms with Gasteiger partial charge >= 0.3 is 0 Å². The van der Waals surface area contributed by atoms with Crippen molar-refractivity contribution in [1.29, 1.82) is 0 Å². The van der Waals surface area contributed by atoms with E-state index in [0.29, 0.717) is 54.6 Å². The van der Waals surface area contributed by atoms with E-state index in [2.05, 4.69) is 14.9 Å². The molecule has 2 aliphatic rings. The number of nitrogens with zero attached hydrogens (tertiary/aromatic N) is 4. The molecule has 0 saturated carbocycles. The van der Waals surface area contributed by atoms with Crippen molar-refractivity contribution in [2.24, 2.45) is 0 Å². The van der Waals surface area contributed by atoms with Crippen LogP contribution >= 0.6 is 23.2 Å². The van der Waals surface area contributed by atoms with Gasteiger partial charge in [0.15, 0.2) is 0 Å². The lowest BCUT2D eigenvalue weighted by atomic mass is 10.0. The van der Waals surface area contributed by atoms with E-state index in [4.69, 9.17) is 27.9 Å². The molecule has 6 nitrogen and oxygen atoms in total. The zero-order valence-electron chi connectivity index (χ0n) is 18.5. The summed E-state index contributed by atoms with van der Waals surface area (Å²) < 4.78 is 19.6. The number of aryl methyl sites for hydroxylation is 1. The van der Waals surface area contributed by atoms with Crippen molar-refractivity contribution in [2.75, 3.05) is 32.8 Å². The van der Waals surface area contributed by atoms with E-state index in [9.17, 15) is 9.18 Å². The number of rotatable bonds is 3. The number of morpholine rings is 1. The van der Waals surface area contributed by atoms with E-state index in [0.717, 1.165) is 11.1 Å². The summed E-state index contributed by atoms with van der Waals surface area (Å²) in [5.41, 5.74) is 3.63. The molecule has 176 valence electrons. The number of carbonyl (C=O) groups excluding carboxylic acids is 1. The van der Waals surface area contributed by atoms with Gasteiger partial charge in [0.1, 0.15) is 12.1 Å². The van der Waals surface area contributed by atoms with E-state index in [1.54, 1.807) is 24.4 Å². The normalized spacial score (nSPS) is 20.8. The Hall–Kier alpha value is -2.58. The third-order valence-corrected chi connectivity index (χ3v) is 7.17. The summed E-state index contributed by atoms with van der Waals surface area (Å²) in [5.74, 6) is -0.547. The highest BCUT2D eigenvalue weighted by atomic mass is 35.5. The third-order valence-electron chi connectivity index (χ3n) is 6.48. The highest BCUT2D eigenvalue weighted by Crippen LogP contribution is 2.33. The Bertz CT molecular complexity index is 1240. The first kappa shape index (κ1) is 23.2.